The van der Waals surface area contributed by atoms with E-state index in [0.717, 1.165) is 0 Å². The van der Waals surface area contributed by atoms with E-state index in [-0.39, 0.29) is 31.1 Å². The van der Waals surface area contributed by atoms with Gasteiger partial charge in [0, 0.05) is 62.9 Å². The van der Waals surface area contributed by atoms with E-state index in [1.807, 2.05) is 4.90 Å². The van der Waals surface area contributed by atoms with Gasteiger partial charge in [-0.3, -0.25) is 19.4 Å². The van der Waals surface area contributed by atoms with Crippen molar-refractivity contribution in [2.75, 3.05) is 62.6 Å². The summed E-state index contributed by atoms with van der Waals surface area (Å²) in [6.07, 6.45) is -5.11. The zero-order valence-electron chi connectivity index (χ0n) is 20.4. The predicted molar refractivity (Wildman–Crippen MR) is 133 cm³/mol. The molecule has 2 saturated heterocycles. The number of hydrogen-bond acceptors (Lipinski definition) is 5. The molecule has 0 atom stereocenters. The van der Waals surface area contributed by atoms with Crippen LogP contribution in [0.25, 0.3) is 0 Å². The van der Waals surface area contributed by atoms with Gasteiger partial charge in [-0.25, -0.2) is 8.78 Å². The number of hydrogen-bond donors (Lipinski definition) is 2. The van der Waals surface area contributed by atoms with Crippen molar-refractivity contribution in [1.29, 1.82) is 0 Å². The molecule has 0 aromatic heterocycles. The molecule has 7 nitrogen and oxygen atoms in total. The lowest BCUT2D eigenvalue weighted by Gasteiger charge is -2.37. The minimum absolute atomic E-state index is 0.0222. The average molecular weight is 560 g/mol. The molecule has 13 heteroatoms. The second-order valence-corrected chi connectivity index (χ2v) is 9.71. The number of carbonyl (C=O) groups is 2. The van der Waals surface area contributed by atoms with Crippen LogP contribution in [-0.4, -0.2) is 80.1 Å². The van der Waals surface area contributed by atoms with Crippen LogP contribution < -0.4 is 15.5 Å². The Bertz CT molecular complexity index is 1190. The molecule has 0 bridgehead atoms. The number of benzene rings is 2. The van der Waals surface area contributed by atoms with Gasteiger partial charge >= 0.3 is 6.18 Å². The Balaban J connectivity index is 1.44. The van der Waals surface area contributed by atoms with Crippen LogP contribution in [0.1, 0.15) is 22.3 Å². The number of anilines is 2. The molecule has 0 aliphatic carbocycles. The fourth-order valence-corrected chi connectivity index (χ4v) is 4.68. The summed E-state index contributed by atoms with van der Waals surface area (Å²) in [6, 6.07) is 7.20. The number of alkyl halides is 3. The number of nitrogens with zero attached hydrogens (tertiary/aromatic N) is 3. The van der Waals surface area contributed by atoms with Crippen LogP contribution in [-0.2, 0) is 11.3 Å². The summed E-state index contributed by atoms with van der Waals surface area (Å²) in [5.41, 5.74) is 0.387. The molecule has 4 rings (SSSR count). The van der Waals surface area contributed by atoms with E-state index in [1.54, 1.807) is 15.9 Å². The van der Waals surface area contributed by atoms with E-state index in [2.05, 4.69) is 10.6 Å². The molecule has 2 N–H and O–H groups in total. The maximum atomic E-state index is 14.9. The van der Waals surface area contributed by atoms with Crippen LogP contribution in [0.4, 0.5) is 33.3 Å². The molecule has 38 heavy (non-hydrogen) atoms. The molecule has 0 spiro atoms. The van der Waals surface area contributed by atoms with Gasteiger partial charge in [-0.2, -0.15) is 13.2 Å². The Morgan fingerprint density at radius 2 is 1.74 bits per heavy atom. The summed E-state index contributed by atoms with van der Waals surface area (Å²) >= 11 is 6.16. The van der Waals surface area contributed by atoms with Crippen molar-refractivity contribution in [2.45, 2.75) is 19.1 Å². The summed E-state index contributed by atoms with van der Waals surface area (Å²) in [4.78, 5) is 29.7. The predicted octanol–water partition coefficient (Wildman–Crippen LogP) is 3.88. The van der Waals surface area contributed by atoms with Gasteiger partial charge in [-0.1, -0.05) is 17.7 Å². The van der Waals surface area contributed by atoms with Crippen molar-refractivity contribution in [3.8, 4) is 0 Å². The zero-order valence-corrected chi connectivity index (χ0v) is 21.1. The first-order valence-corrected chi connectivity index (χ1v) is 12.5. The third kappa shape index (κ3) is 7.12. The van der Waals surface area contributed by atoms with Crippen LogP contribution in [0.3, 0.4) is 0 Å². The van der Waals surface area contributed by atoms with Crippen LogP contribution in [0, 0.1) is 11.6 Å². The van der Waals surface area contributed by atoms with Crippen LogP contribution in [0.5, 0.6) is 0 Å². The van der Waals surface area contributed by atoms with Crippen molar-refractivity contribution in [1.82, 2.24) is 15.1 Å². The van der Waals surface area contributed by atoms with Gasteiger partial charge in [0.05, 0.1) is 29.9 Å². The van der Waals surface area contributed by atoms with Crippen LogP contribution in [0.2, 0.25) is 5.02 Å². The van der Waals surface area contributed by atoms with Gasteiger partial charge in [-0.15, -0.1) is 0 Å². The first-order chi connectivity index (χ1) is 18.0. The summed E-state index contributed by atoms with van der Waals surface area (Å²) in [6.45, 7) is 2.46. The molecule has 0 radical (unpaired) electrons. The van der Waals surface area contributed by atoms with E-state index in [4.69, 9.17) is 11.6 Å². The molecular weight excluding hydrogens is 533 g/mol. The van der Waals surface area contributed by atoms with Crippen molar-refractivity contribution in [3.63, 3.8) is 0 Å². The van der Waals surface area contributed by atoms with Gasteiger partial charge < -0.3 is 15.5 Å². The van der Waals surface area contributed by atoms with E-state index in [0.29, 0.717) is 55.7 Å². The number of nitrogens with one attached hydrogen (secondary N) is 2. The van der Waals surface area contributed by atoms with Crippen LogP contribution in [0.15, 0.2) is 30.3 Å². The summed E-state index contributed by atoms with van der Waals surface area (Å²) < 4.78 is 67.4. The molecule has 2 heterocycles. The van der Waals surface area contributed by atoms with Gasteiger partial charge in [0.2, 0.25) is 5.91 Å². The molecular formula is C25H27ClF5N5O2. The van der Waals surface area contributed by atoms with Crippen molar-refractivity contribution in [3.05, 3.63) is 58.1 Å². The average Bonchev–Trinajstić information content (AvgIpc) is 2.86. The normalized spacial score (nSPS) is 17.4. The number of carbonyl (C=O) groups excluding carboxylic acids is 2. The SMILES string of the molecule is O=C1CN(Cc2ccc(C(=O)Nc3ccc(Cl)cc3N3CCN(CCC(F)(F)F)CC3)c(F)c2F)CCN1. The highest BCUT2D eigenvalue weighted by atomic mass is 35.5. The molecule has 2 fully saturated rings. The second-order valence-electron chi connectivity index (χ2n) is 9.27. The minimum Gasteiger partial charge on any atom is -0.367 e. The molecule has 2 amide bonds. The smallest absolute Gasteiger partial charge is 0.367 e. The number of halogens is 6. The Labute approximate surface area is 221 Å². The van der Waals surface area contributed by atoms with Crippen molar-refractivity contribution in [2.24, 2.45) is 0 Å². The molecule has 0 saturated carbocycles. The first-order valence-electron chi connectivity index (χ1n) is 12.1. The lowest BCUT2D eigenvalue weighted by molar-refractivity contribution is -0.138. The third-order valence-corrected chi connectivity index (χ3v) is 6.79. The Morgan fingerprint density at radius 1 is 1.00 bits per heavy atom. The van der Waals surface area contributed by atoms with Gasteiger partial charge in [0.1, 0.15) is 0 Å². The molecule has 2 aromatic rings. The topological polar surface area (TPSA) is 67.9 Å². The number of piperazine rings is 2. The Kier molecular flexibility index (Phi) is 8.74. The highest BCUT2D eigenvalue weighted by molar-refractivity contribution is 6.31. The van der Waals surface area contributed by atoms with Crippen molar-refractivity contribution < 1.29 is 31.5 Å². The quantitative estimate of drug-likeness (QED) is 0.504. The van der Waals surface area contributed by atoms with Crippen molar-refractivity contribution >= 4 is 34.8 Å². The van der Waals surface area contributed by atoms with Crippen LogP contribution >= 0.6 is 11.6 Å². The zero-order chi connectivity index (χ0) is 27.4. The number of amides is 2. The standard InChI is InChI=1S/C25H27ClF5N5O2/c26-17-2-4-19(20(13-17)36-11-9-34(10-12-36)7-5-25(29,30)31)33-24(38)18-3-1-16(22(27)23(18)28)14-35-8-6-32-21(37)15-35/h1-4,13H,5-12,14-15H2,(H,32,37)(H,33,38). The fraction of sp³-hybridized carbons (Fsp3) is 0.440. The largest absolute Gasteiger partial charge is 0.390 e. The highest BCUT2D eigenvalue weighted by Crippen LogP contribution is 2.31. The molecule has 0 unspecified atom stereocenters. The highest BCUT2D eigenvalue weighted by Gasteiger charge is 2.29. The molecule has 206 valence electrons. The summed E-state index contributed by atoms with van der Waals surface area (Å²) in [5, 5.41) is 5.65. The van der Waals surface area contributed by atoms with E-state index < -0.39 is 35.7 Å². The Morgan fingerprint density at radius 3 is 2.42 bits per heavy atom. The maximum Gasteiger partial charge on any atom is 0.390 e. The number of rotatable bonds is 7. The Hall–Kier alpha value is -2.96. The molecule has 2 aliphatic heterocycles. The van der Waals surface area contributed by atoms with E-state index in [1.165, 1.54) is 24.3 Å². The second kappa shape index (κ2) is 11.8. The van der Waals surface area contributed by atoms with E-state index >= 15 is 0 Å². The van der Waals surface area contributed by atoms with Gasteiger partial charge in [0.15, 0.2) is 11.6 Å². The van der Waals surface area contributed by atoms with Gasteiger partial charge in [0.25, 0.3) is 5.91 Å². The fourth-order valence-electron chi connectivity index (χ4n) is 4.51. The maximum absolute atomic E-state index is 14.9. The summed E-state index contributed by atoms with van der Waals surface area (Å²) in [7, 11) is 0. The first kappa shape index (κ1) is 28.1. The molecule has 2 aliphatic rings. The third-order valence-electron chi connectivity index (χ3n) is 6.55. The monoisotopic (exact) mass is 559 g/mol. The molecule has 2 aromatic carbocycles. The van der Waals surface area contributed by atoms with E-state index in [9.17, 15) is 31.5 Å². The lowest BCUT2D eigenvalue weighted by Crippen LogP contribution is -2.47. The summed E-state index contributed by atoms with van der Waals surface area (Å²) in [5.74, 6) is -3.52. The van der Waals surface area contributed by atoms with Gasteiger partial charge in [-0.05, 0) is 24.3 Å². The minimum atomic E-state index is -4.22. The lowest BCUT2D eigenvalue weighted by atomic mass is 10.1.